The Morgan fingerprint density at radius 3 is 2.32 bits per heavy atom. The summed E-state index contributed by atoms with van der Waals surface area (Å²) in [7, 11) is 1.74. The van der Waals surface area contributed by atoms with Crippen molar-refractivity contribution in [3.8, 4) is 0 Å². The van der Waals surface area contributed by atoms with E-state index in [0.717, 1.165) is 18.0 Å². The molecule has 8 heteroatoms. The van der Waals surface area contributed by atoms with Gasteiger partial charge in [0.15, 0.2) is 0 Å². The summed E-state index contributed by atoms with van der Waals surface area (Å²) < 4.78 is 39.2. The molecule has 108 valence electrons. The van der Waals surface area contributed by atoms with Gasteiger partial charge in [0.2, 0.25) is 0 Å². The van der Waals surface area contributed by atoms with Crippen LogP contribution in [0.15, 0.2) is 18.3 Å². The number of aryl methyl sites for hydroxylation is 1. The summed E-state index contributed by atoms with van der Waals surface area (Å²) >= 11 is 0. The molecule has 0 amide bonds. The van der Waals surface area contributed by atoms with Gasteiger partial charge in [-0.25, -0.2) is 4.98 Å². The summed E-state index contributed by atoms with van der Waals surface area (Å²) in [5.74, 6) is 0. The van der Waals surface area contributed by atoms with Gasteiger partial charge in [-0.3, -0.25) is 0 Å². The van der Waals surface area contributed by atoms with E-state index in [2.05, 4.69) is 4.98 Å². The number of nitrogens with zero attached hydrogens (tertiary/aromatic N) is 2. The van der Waals surface area contributed by atoms with E-state index in [9.17, 15) is 13.2 Å². The van der Waals surface area contributed by atoms with Gasteiger partial charge in [-0.15, -0.1) is 24.8 Å². The predicted molar refractivity (Wildman–Crippen MR) is 72.8 cm³/mol. The molecule has 2 aromatic heterocycles. The van der Waals surface area contributed by atoms with Gasteiger partial charge >= 0.3 is 6.18 Å². The predicted octanol–water partition coefficient (Wildman–Crippen LogP) is 3.46. The van der Waals surface area contributed by atoms with Crippen molar-refractivity contribution in [3.63, 3.8) is 0 Å². The smallest absolute Gasteiger partial charge is 0.331 e. The molecule has 0 spiro atoms. The number of pyridine rings is 1. The first kappa shape index (κ1) is 18.0. The highest BCUT2D eigenvalue weighted by molar-refractivity contribution is 5.85. The van der Waals surface area contributed by atoms with Crippen molar-refractivity contribution in [3.05, 3.63) is 29.6 Å². The van der Waals surface area contributed by atoms with Gasteiger partial charge in [-0.05, 0) is 19.1 Å². The fourth-order valence-electron chi connectivity index (χ4n) is 1.83. The lowest BCUT2D eigenvalue weighted by atomic mass is 10.2. The van der Waals surface area contributed by atoms with E-state index >= 15 is 0 Å². The van der Waals surface area contributed by atoms with E-state index in [0.29, 0.717) is 11.0 Å². The second-order valence-corrected chi connectivity index (χ2v) is 4.05. The van der Waals surface area contributed by atoms with Crippen LogP contribution in [0, 0.1) is 0 Å². The molecule has 0 radical (unpaired) electrons. The lowest BCUT2D eigenvalue weighted by Gasteiger charge is -2.07. The zero-order chi connectivity index (χ0) is 12.8. The summed E-state index contributed by atoms with van der Waals surface area (Å²) in [6, 6.07) is 2.49. The van der Waals surface area contributed by atoms with Gasteiger partial charge in [0.05, 0.1) is 5.56 Å². The third kappa shape index (κ3) is 3.32. The number of fused-ring (bicyclic) bond motifs is 1. The number of hydrogen-bond acceptors (Lipinski definition) is 2. The van der Waals surface area contributed by atoms with Crippen LogP contribution in [0.25, 0.3) is 11.0 Å². The number of rotatable bonds is 1. The van der Waals surface area contributed by atoms with Crippen molar-refractivity contribution < 1.29 is 13.2 Å². The van der Waals surface area contributed by atoms with E-state index in [1.807, 2.05) is 0 Å². The zero-order valence-electron chi connectivity index (χ0n) is 10.2. The van der Waals surface area contributed by atoms with E-state index in [1.165, 1.54) is 0 Å². The van der Waals surface area contributed by atoms with Crippen LogP contribution >= 0.6 is 24.8 Å². The molecule has 2 rings (SSSR count). The third-order valence-corrected chi connectivity index (χ3v) is 2.70. The Labute approximate surface area is 120 Å². The molecule has 0 fully saturated rings. The fourth-order valence-corrected chi connectivity index (χ4v) is 1.83. The van der Waals surface area contributed by atoms with Gasteiger partial charge in [0.25, 0.3) is 0 Å². The summed E-state index contributed by atoms with van der Waals surface area (Å²) in [6.07, 6.45) is -3.53. The maximum absolute atomic E-state index is 12.5. The molecule has 0 aliphatic carbocycles. The number of aromatic nitrogens is 2. The van der Waals surface area contributed by atoms with Crippen molar-refractivity contribution in [2.45, 2.75) is 19.1 Å². The Morgan fingerprint density at radius 2 is 1.84 bits per heavy atom. The molecule has 1 atom stereocenters. The summed E-state index contributed by atoms with van der Waals surface area (Å²) in [5, 5.41) is 0.453. The Balaban J connectivity index is 0.00000162. The number of halogens is 5. The Hall–Kier alpha value is -0.980. The van der Waals surface area contributed by atoms with Crippen LogP contribution in [0.1, 0.15) is 24.2 Å². The number of nitrogens with two attached hydrogens (primary N) is 1. The minimum absolute atomic E-state index is 0. The molecule has 19 heavy (non-hydrogen) atoms. The van der Waals surface area contributed by atoms with Crippen molar-refractivity contribution in [2.24, 2.45) is 12.8 Å². The standard InChI is InChI=1S/C11H12F3N3.2ClH/c1-6(15)9-4-7-3-8(11(12,13)14)5-16-10(7)17(9)2;;/h3-6H,15H2,1-2H3;2*1H. The van der Waals surface area contributed by atoms with Gasteiger partial charge < -0.3 is 10.3 Å². The van der Waals surface area contributed by atoms with Crippen LogP contribution in [0.4, 0.5) is 13.2 Å². The molecule has 0 saturated heterocycles. The van der Waals surface area contributed by atoms with Crippen LogP contribution < -0.4 is 5.73 Å². The normalized spacial score (nSPS) is 12.7. The first-order chi connectivity index (χ1) is 7.80. The number of hydrogen-bond donors (Lipinski definition) is 1. The highest BCUT2D eigenvalue weighted by Gasteiger charge is 2.31. The number of alkyl halides is 3. The molecule has 0 saturated carbocycles. The average molecular weight is 316 g/mol. The van der Waals surface area contributed by atoms with Crippen molar-refractivity contribution >= 4 is 35.8 Å². The molecule has 3 nitrogen and oxygen atoms in total. The molecule has 2 aromatic rings. The lowest BCUT2D eigenvalue weighted by molar-refractivity contribution is -0.137. The van der Waals surface area contributed by atoms with E-state index < -0.39 is 11.7 Å². The SMILES string of the molecule is CC(N)c1cc2cc(C(F)(F)F)cnc2n1C.Cl.Cl. The molecule has 0 bridgehead atoms. The Bertz CT molecular complexity index is 564. The van der Waals surface area contributed by atoms with Gasteiger partial charge in [-0.2, -0.15) is 13.2 Å². The molecule has 0 aliphatic rings. The Morgan fingerprint density at radius 1 is 1.26 bits per heavy atom. The summed E-state index contributed by atoms with van der Waals surface area (Å²) in [6.45, 7) is 1.78. The van der Waals surface area contributed by atoms with Gasteiger partial charge in [-0.1, -0.05) is 0 Å². The van der Waals surface area contributed by atoms with E-state index in [-0.39, 0.29) is 30.9 Å². The minimum Gasteiger partial charge on any atom is -0.331 e. The highest BCUT2D eigenvalue weighted by atomic mass is 35.5. The minimum atomic E-state index is -4.37. The Kier molecular flexibility index (Phi) is 5.67. The summed E-state index contributed by atoms with van der Waals surface area (Å²) in [4.78, 5) is 3.84. The monoisotopic (exact) mass is 315 g/mol. The largest absolute Gasteiger partial charge is 0.417 e. The first-order valence-electron chi connectivity index (χ1n) is 5.09. The molecule has 0 aromatic carbocycles. The van der Waals surface area contributed by atoms with E-state index in [1.54, 1.807) is 24.6 Å². The van der Waals surface area contributed by atoms with Crippen LogP contribution in [-0.2, 0) is 13.2 Å². The second-order valence-electron chi connectivity index (χ2n) is 4.05. The summed E-state index contributed by atoms with van der Waals surface area (Å²) in [5.41, 5.74) is 6.25. The fraction of sp³-hybridized carbons (Fsp3) is 0.364. The maximum Gasteiger partial charge on any atom is 0.417 e. The average Bonchev–Trinajstić information content (AvgIpc) is 2.54. The molecular formula is C11H14Cl2F3N3. The molecular weight excluding hydrogens is 302 g/mol. The van der Waals surface area contributed by atoms with Crippen LogP contribution in [-0.4, -0.2) is 9.55 Å². The van der Waals surface area contributed by atoms with Gasteiger partial charge in [0.1, 0.15) is 5.65 Å². The zero-order valence-corrected chi connectivity index (χ0v) is 11.9. The molecule has 2 N–H and O–H groups in total. The molecule has 2 heterocycles. The topological polar surface area (TPSA) is 43.8 Å². The van der Waals surface area contributed by atoms with Crippen molar-refractivity contribution in [2.75, 3.05) is 0 Å². The highest BCUT2D eigenvalue weighted by Crippen LogP contribution is 2.31. The third-order valence-electron chi connectivity index (χ3n) is 2.70. The van der Waals surface area contributed by atoms with E-state index in [4.69, 9.17) is 5.73 Å². The van der Waals surface area contributed by atoms with Crippen LogP contribution in [0.3, 0.4) is 0 Å². The van der Waals surface area contributed by atoms with Gasteiger partial charge in [0, 0.05) is 30.4 Å². The lowest BCUT2D eigenvalue weighted by Crippen LogP contribution is -2.10. The van der Waals surface area contributed by atoms with Crippen molar-refractivity contribution in [1.29, 1.82) is 0 Å². The quantitative estimate of drug-likeness (QED) is 0.876. The van der Waals surface area contributed by atoms with Crippen LogP contribution in [0.5, 0.6) is 0 Å². The first-order valence-corrected chi connectivity index (χ1v) is 5.09. The van der Waals surface area contributed by atoms with Crippen LogP contribution in [0.2, 0.25) is 0 Å². The molecule has 0 aliphatic heterocycles. The second kappa shape index (κ2) is 5.98. The maximum atomic E-state index is 12.5. The molecule has 1 unspecified atom stereocenters. The van der Waals surface area contributed by atoms with Crippen molar-refractivity contribution in [1.82, 2.24) is 9.55 Å².